The van der Waals surface area contributed by atoms with Crippen molar-refractivity contribution in [2.45, 2.75) is 25.4 Å². The molecule has 8 bridgehead atoms. The minimum atomic E-state index is -0.381. The van der Waals surface area contributed by atoms with Gasteiger partial charge < -0.3 is 24.8 Å². The van der Waals surface area contributed by atoms with Crippen molar-refractivity contribution in [2.75, 3.05) is 19.7 Å². The molecule has 198 valence electrons. The van der Waals surface area contributed by atoms with Crippen LogP contribution in [0, 0.1) is 0 Å². The van der Waals surface area contributed by atoms with E-state index in [2.05, 4.69) is 10.4 Å². The Balaban J connectivity index is 1.38. The number of phenolic OH excluding ortho intramolecular Hbond substituents is 1. The average molecular weight is 525 g/mol. The molecule has 8 rings (SSSR count). The van der Waals surface area contributed by atoms with Gasteiger partial charge in [0, 0.05) is 25.5 Å². The Hall–Kier alpha value is -4.79. The normalized spacial score (nSPS) is 16.9. The first-order valence-electron chi connectivity index (χ1n) is 13.0. The fourth-order valence-electron chi connectivity index (χ4n) is 5.12. The molecule has 0 fully saturated rings. The first kappa shape index (κ1) is 24.5. The van der Waals surface area contributed by atoms with E-state index in [0.29, 0.717) is 49.8 Å². The lowest BCUT2D eigenvalue weighted by Gasteiger charge is -2.38. The van der Waals surface area contributed by atoms with Gasteiger partial charge in [-0.15, -0.1) is 0 Å². The zero-order valence-corrected chi connectivity index (χ0v) is 21.2. The number of nitrogens with zero attached hydrogens (tertiary/aromatic N) is 3. The first-order valence-corrected chi connectivity index (χ1v) is 13.0. The van der Waals surface area contributed by atoms with Crippen LogP contribution in [0.2, 0.25) is 0 Å². The maximum absolute atomic E-state index is 13.5. The second-order valence-electron chi connectivity index (χ2n) is 9.61. The number of aromatic nitrogens is 2. The number of ether oxygens (including phenoxy) is 2. The SMILES string of the molecule is O=C1NCCCOc2ccc(cc2)C2c3ccc(cc3CCN2C(=O)Cn2cccn2)Oc2ccc(O)c1c2. The molecule has 4 aliphatic rings. The quantitative estimate of drug-likeness (QED) is 0.410. The fraction of sp³-hybridized carbons (Fsp3) is 0.233. The number of fused-ring (bicyclic) bond motifs is 1. The lowest BCUT2D eigenvalue weighted by molar-refractivity contribution is -0.134. The van der Waals surface area contributed by atoms with Crippen LogP contribution in [0.15, 0.2) is 79.1 Å². The number of amides is 2. The Bertz CT molecular complexity index is 1500. The molecule has 5 heterocycles. The number of carbonyl (C=O) groups is 2. The molecule has 4 aliphatic heterocycles. The highest BCUT2D eigenvalue weighted by Crippen LogP contribution is 2.38. The van der Waals surface area contributed by atoms with Gasteiger partial charge in [-0.05, 0) is 78.1 Å². The molecule has 1 unspecified atom stereocenters. The van der Waals surface area contributed by atoms with Crippen LogP contribution < -0.4 is 14.8 Å². The molecule has 0 radical (unpaired) electrons. The molecule has 39 heavy (non-hydrogen) atoms. The molecule has 4 aromatic rings. The predicted molar refractivity (Wildman–Crippen MR) is 143 cm³/mol. The van der Waals surface area contributed by atoms with Gasteiger partial charge >= 0.3 is 0 Å². The molecule has 9 nitrogen and oxygen atoms in total. The standard InChI is InChI=1S/C30H28N4O5/c35-27-10-8-24-18-26(27)30(37)31-12-2-16-38-22-5-3-20(4-6-22)29-25-9-7-23(39-24)17-21(25)11-15-34(29)28(36)19-33-14-1-13-32-33/h1,3-10,13-14,17-18,29,35H,2,11-12,15-16,19H2,(H,31,37). The minimum Gasteiger partial charge on any atom is -0.507 e. The summed E-state index contributed by atoms with van der Waals surface area (Å²) in [5.41, 5.74) is 3.24. The molecule has 0 saturated carbocycles. The molecule has 9 heteroatoms. The van der Waals surface area contributed by atoms with Gasteiger partial charge in [0.15, 0.2) is 0 Å². The number of hydrogen-bond acceptors (Lipinski definition) is 6. The zero-order chi connectivity index (χ0) is 26.8. The third-order valence-corrected chi connectivity index (χ3v) is 7.04. The summed E-state index contributed by atoms with van der Waals surface area (Å²) in [4.78, 5) is 28.1. The Kier molecular flexibility index (Phi) is 6.62. The van der Waals surface area contributed by atoms with Crippen molar-refractivity contribution in [3.8, 4) is 23.0 Å². The van der Waals surface area contributed by atoms with E-state index in [1.807, 2.05) is 47.4 Å². The van der Waals surface area contributed by atoms with Crippen LogP contribution in [0.5, 0.6) is 23.0 Å². The Morgan fingerprint density at radius 3 is 2.67 bits per heavy atom. The highest BCUT2D eigenvalue weighted by Gasteiger charge is 2.32. The molecule has 1 aromatic heterocycles. The van der Waals surface area contributed by atoms with E-state index in [1.165, 1.54) is 12.1 Å². The van der Waals surface area contributed by atoms with Crippen molar-refractivity contribution in [1.82, 2.24) is 20.0 Å². The van der Waals surface area contributed by atoms with Crippen LogP contribution in [0.1, 0.15) is 39.5 Å². The Morgan fingerprint density at radius 1 is 1.05 bits per heavy atom. The van der Waals surface area contributed by atoms with Crippen LogP contribution in [0.3, 0.4) is 0 Å². The maximum Gasteiger partial charge on any atom is 0.255 e. The number of hydrogen-bond donors (Lipinski definition) is 2. The van der Waals surface area contributed by atoms with Gasteiger partial charge in [0.1, 0.15) is 29.5 Å². The molecule has 0 spiro atoms. The van der Waals surface area contributed by atoms with Crippen molar-refractivity contribution in [2.24, 2.45) is 0 Å². The second-order valence-corrected chi connectivity index (χ2v) is 9.61. The van der Waals surface area contributed by atoms with Crippen LogP contribution in [0.25, 0.3) is 0 Å². The summed E-state index contributed by atoms with van der Waals surface area (Å²) in [7, 11) is 0. The highest BCUT2D eigenvalue weighted by atomic mass is 16.5. The summed E-state index contributed by atoms with van der Waals surface area (Å²) >= 11 is 0. The Morgan fingerprint density at radius 2 is 1.85 bits per heavy atom. The summed E-state index contributed by atoms with van der Waals surface area (Å²) in [5, 5.41) is 17.3. The van der Waals surface area contributed by atoms with E-state index in [1.54, 1.807) is 29.2 Å². The van der Waals surface area contributed by atoms with E-state index in [4.69, 9.17) is 9.47 Å². The first-order chi connectivity index (χ1) is 19.0. The smallest absolute Gasteiger partial charge is 0.255 e. The van der Waals surface area contributed by atoms with Crippen LogP contribution >= 0.6 is 0 Å². The minimum absolute atomic E-state index is 0.0119. The number of nitrogens with one attached hydrogen (secondary N) is 1. The molecule has 2 amide bonds. The van der Waals surface area contributed by atoms with Crippen molar-refractivity contribution in [3.05, 3.63) is 101 Å². The third-order valence-electron chi connectivity index (χ3n) is 7.04. The summed E-state index contributed by atoms with van der Waals surface area (Å²) in [5.74, 6) is 1.26. The summed E-state index contributed by atoms with van der Waals surface area (Å²) in [6.45, 7) is 1.51. The van der Waals surface area contributed by atoms with Gasteiger partial charge in [0.2, 0.25) is 5.91 Å². The topological polar surface area (TPSA) is 106 Å². The molecule has 1 atom stereocenters. The fourth-order valence-corrected chi connectivity index (χ4v) is 5.12. The molecule has 0 aliphatic carbocycles. The van der Waals surface area contributed by atoms with E-state index in [-0.39, 0.29) is 35.7 Å². The van der Waals surface area contributed by atoms with Crippen LogP contribution in [-0.2, 0) is 17.8 Å². The predicted octanol–water partition coefficient (Wildman–Crippen LogP) is 4.07. The molecule has 2 N–H and O–H groups in total. The van der Waals surface area contributed by atoms with Crippen molar-refractivity contribution in [3.63, 3.8) is 0 Å². The monoisotopic (exact) mass is 524 g/mol. The number of benzene rings is 3. The maximum atomic E-state index is 13.5. The van der Waals surface area contributed by atoms with Gasteiger partial charge in [-0.2, -0.15) is 5.10 Å². The molecular weight excluding hydrogens is 496 g/mol. The van der Waals surface area contributed by atoms with Gasteiger partial charge in [-0.1, -0.05) is 18.2 Å². The van der Waals surface area contributed by atoms with Crippen molar-refractivity contribution < 1.29 is 24.2 Å². The van der Waals surface area contributed by atoms with Gasteiger partial charge in [0.25, 0.3) is 5.91 Å². The number of aromatic hydroxyl groups is 1. The van der Waals surface area contributed by atoms with E-state index in [9.17, 15) is 14.7 Å². The average Bonchev–Trinajstić information content (AvgIpc) is 3.46. The van der Waals surface area contributed by atoms with E-state index >= 15 is 0 Å². The number of phenols is 1. The summed E-state index contributed by atoms with van der Waals surface area (Å²) in [6.07, 6.45) is 4.71. The molecular formula is C30H28N4O5. The largest absolute Gasteiger partial charge is 0.507 e. The molecule has 0 saturated heterocycles. The van der Waals surface area contributed by atoms with Gasteiger partial charge in [-0.3, -0.25) is 14.3 Å². The van der Waals surface area contributed by atoms with E-state index in [0.717, 1.165) is 16.7 Å². The zero-order valence-electron chi connectivity index (χ0n) is 21.2. The Labute approximate surface area is 225 Å². The second kappa shape index (κ2) is 10.5. The van der Waals surface area contributed by atoms with E-state index < -0.39 is 0 Å². The molecule has 3 aromatic carbocycles. The van der Waals surface area contributed by atoms with Crippen molar-refractivity contribution in [1.29, 1.82) is 0 Å². The van der Waals surface area contributed by atoms with Gasteiger partial charge in [-0.25, -0.2) is 0 Å². The number of rotatable bonds is 2. The number of carbonyl (C=O) groups excluding carboxylic acids is 2. The lowest BCUT2D eigenvalue weighted by Crippen LogP contribution is -2.42. The highest BCUT2D eigenvalue weighted by molar-refractivity contribution is 5.97. The van der Waals surface area contributed by atoms with Gasteiger partial charge in [0.05, 0.1) is 18.2 Å². The summed E-state index contributed by atoms with van der Waals surface area (Å²) < 4.78 is 13.6. The van der Waals surface area contributed by atoms with Crippen LogP contribution in [-0.4, -0.2) is 51.3 Å². The lowest BCUT2D eigenvalue weighted by atomic mass is 9.88. The van der Waals surface area contributed by atoms with Crippen LogP contribution in [0.4, 0.5) is 0 Å². The third kappa shape index (κ3) is 5.16. The summed E-state index contributed by atoms with van der Waals surface area (Å²) in [6, 6.07) is 19.8. The van der Waals surface area contributed by atoms with Crippen molar-refractivity contribution >= 4 is 11.8 Å².